The molecule has 1 heterocycles. The lowest BCUT2D eigenvalue weighted by molar-refractivity contribution is -0.138. The Morgan fingerprint density at radius 2 is 1.89 bits per heavy atom. The van der Waals surface area contributed by atoms with Crippen LogP contribution in [0.3, 0.4) is 0 Å². The smallest absolute Gasteiger partial charge is 0.353 e. The predicted molar refractivity (Wildman–Crippen MR) is 63.4 cm³/mol. The molecule has 3 N–H and O–H groups in total. The normalized spacial score (nSPS) is 19.8. The number of rotatable bonds is 3. The summed E-state index contributed by atoms with van der Waals surface area (Å²) in [4.78, 5) is 0. The van der Waals surface area contributed by atoms with Gasteiger partial charge in [0.25, 0.3) is 0 Å². The highest BCUT2D eigenvalue weighted by Gasteiger charge is 2.37. The van der Waals surface area contributed by atoms with Crippen molar-refractivity contribution in [3.05, 3.63) is 5.01 Å². The van der Waals surface area contributed by atoms with Crippen LogP contribution in [0.2, 0.25) is 0 Å². The van der Waals surface area contributed by atoms with Gasteiger partial charge in [0.1, 0.15) is 0 Å². The van der Waals surface area contributed by atoms with E-state index in [0.29, 0.717) is 17.9 Å². The number of nitrogens with two attached hydrogens (primary N) is 1. The van der Waals surface area contributed by atoms with E-state index in [4.69, 9.17) is 5.73 Å². The molecule has 1 saturated carbocycles. The number of hydrogen-bond acceptors (Lipinski definition) is 5. The van der Waals surface area contributed by atoms with Gasteiger partial charge in [-0.25, -0.2) is 0 Å². The monoisotopic (exact) mass is 280 g/mol. The summed E-state index contributed by atoms with van der Waals surface area (Å²) in [6.45, 7) is 0.397. The molecule has 1 aliphatic carbocycles. The molecule has 2 rings (SSSR count). The third kappa shape index (κ3) is 2.92. The minimum Gasteiger partial charge on any atom is -0.353 e. The quantitative estimate of drug-likeness (QED) is 0.893. The number of nitrogens with zero attached hydrogens (tertiary/aromatic N) is 2. The highest BCUT2D eigenvalue weighted by atomic mass is 32.1. The molecule has 0 amide bonds. The van der Waals surface area contributed by atoms with E-state index in [1.54, 1.807) is 0 Å². The first-order chi connectivity index (χ1) is 8.45. The Kier molecular flexibility index (Phi) is 3.76. The van der Waals surface area contributed by atoms with Crippen LogP contribution in [0.4, 0.5) is 18.3 Å². The highest BCUT2D eigenvalue weighted by molar-refractivity contribution is 7.15. The van der Waals surface area contributed by atoms with Gasteiger partial charge in [-0.15, -0.1) is 10.2 Å². The second-order valence-electron chi connectivity index (χ2n) is 4.58. The Morgan fingerprint density at radius 1 is 1.22 bits per heavy atom. The zero-order valence-corrected chi connectivity index (χ0v) is 10.6. The van der Waals surface area contributed by atoms with Gasteiger partial charge in [-0.3, -0.25) is 0 Å². The predicted octanol–water partition coefficient (Wildman–Crippen LogP) is 2.63. The SMILES string of the molecule is NCC1(Nc2nnc(C(F)(F)F)s2)CCCCC1. The van der Waals surface area contributed by atoms with E-state index in [2.05, 4.69) is 15.5 Å². The third-order valence-electron chi connectivity index (χ3n) is 3.24. The molecule has 18 heavy (non-hydrogen) atoms. The van der Waals surface area contributed by atoms with Crippen molar-refractivity contribution < 1.29 is 13.2 Å². The van der Waals surface area contributed by atoms with Crippen molar-refractivity contribution in [2.75, 3.05) is 11.9 Å². The Hall–Kier alpha value is -0.890. The van der Waals surface area contributed by atoms with Crippen molar-refractivity contribution in [2.24, 2.45) is 5.73 Å². The maximum Gasteiger partial charge on any atom is 0.445 e. The highest BCUT2D eigenvalue weighted by Crippen LogP contribution is 2.36. The fraction of sp³-hybridized carbons (Fsp3) is 0.800. The van der Waals surface area contributed by atoms with Gasteiger partial charge in [-0.1, -0.05) is 30.6 Å². The number of hydrogen-bond donors (Lipinski definition) is 2. The van der Waals surface area contributed by atoms with Crippen molar-refractivity contribution in [2.45, 2.75) is 43.8 Å². The molecular weight excluding hydrogens is 265 g/mol. The van der Waals surface area contributed by atoms with Crippen LogP contribution in [-0.2, 0) is 6.18 Å². The lowest BCUT2D eigenvalue weighted by Crippen LogP contribution is -2.46. The molecule has 4 nitrogen and oxygen atoms in total. The third-order valence-corrected chi connectivity index (χ3v) is 4.12. The van der Waals surface area contributed by atoms with Crippen LogP contribution in [-0.4, -0.2) is 22.3 Å². The van der Waals surface area contributed by atoms with Crippen LogP contribution in [0.1, 0.15) is 37.1 Å². The van der Waals surface area contributed by atoms with Crippen LogP contribution in [0, 0.1) is 0 Å². The van der Waals surface area contributed by atoms with E-state index >= 15 is 0 Å². The van der Waals surface area contributed by atoms with Crippen molar-refractivity contribution in [3.63, 3.8) is 0 Å². The Morgan fingerprint density at radius 3 is 2.39 bits per heavy atom. The molecule has 1 aromatic rings. The summed E-state index contributed by atoms with van der Waals surface area (Å²) in [5.74, 6) is 0. The number of alkyl halides is 3. The maximum absolute atomic E-state index is 12.4. The van der Waals surface area contributed by atoms with E-state index in [-0.39, 0.29) is 10.7 Å². The molecule has 1 aliphatic rings. The first kappa shape index (κ1) is 13.5. The Balaban J connectivity index is 2.10. The molecule has 0 bridgehead atoms. The maximum atomic E-state index is 12.4. The summed E-state index contributed by atoms with van der Waals surface area (Å²) in [6.07, 6.45) is 0.520. The van der Waals surface area contributed by atoms with E-state index in [9.17, 15) is 13.2 Å². The van der Waals surface area contributed by atoms with Crippen LogP contribution >= 0.6 is 11.3 Å². The second kappa shape index (κ2) is 5.00. The van der Waals surface area contributed by atoms with Crippen molar-refractivity contribution in [1.29, 1.82) is 0 Å². The largest absolute Gasteiger partial charge is 0.445 e. The number of aromatic nitrogens is 2. The van der Waals surface area contributed by atoms with Gasteiger partial charge in [-0.2, -0.15) is 13.2 Å². The van der Waals surface area contributed by atoms with Crippen LogP contribution in [0.25, 0.3) is 0 Å². The van der Waals surface area contributed by atoms with Crippen molar-refractivity contribution in [1.82, 2.24) is 10.2 Å². The van der Waals surface area contributed by atoms with Crippen LogP contribution in [0.15, 0.2) is 0 Å². The number of anilines is 1. The van der Waals surface area contributed by atoms with Gasteiger partial charge in [0.2, 0.25) is 10.1 Å². The fourth-order valence-electron chi connectivity index (χ4n) is 2.22. The first-order valence-corrected chi connectivity index (χ1v) is 6.66. The van der Waals surface area contributed by atoms with Gasteiger partial charge in [0.05, 0.1) is 5.54 Å². The lowest BCUT2D eigenvalue weighted by atomic mass is 9.82. The van der Waals surface area contributed by atoms with Crippen molar-refractivity contribution >= 4 is 16.5 Å². The molecule has 8 heteroatoms. The zero-order chi connectivity index (χ0) is 13.2. The average Bonchev–Trinajstić information content (AvgIpc) is 2.78. The minimum atomic E-state index is -4.43. The molecular formula is C10H15F3N4S. The van der Waals surface area contributed by atoms with Gasteiger partial charge in [0.15, 0.2) is 0 Å². The topological polar surface area (TPSA) is 63.8 Å². The molecule has 0 atom stereocenters. The zero-order valence-electron chi connectivity index (χ0n) is 9.76. The summed E-state index contributed by atoms with van der Waals surface area (Å²) in [5.41, 5.74) is 5.43. The fourth-order valence-corrected chi connectivity index (χ4v) is 2.95. The molecule has 102 valence electrons. The molecule has 0 spiro atoms. The molecule has 0 aliphatic heterocycles. The summed E-state index contributed by atoms with van der Waals surface area (Å²) >= 11 is 0.533. The van der Waals surface area contributed by atoms with Gasteiger partial charge in [0, 0.05) is 6.54 Å². The summed E-state index contributed by atoms with van der Waals surface area (Å²) in [7, 11) is 0. The average molecular weight is 280 g/mol. The molecule has 0 aromatic carbocycles. The summed E-state index contributed by atoms with van der Waals surface area (Å²) < 4.78 is 37.2. The second-order valence-corrected chi connectivity index (χ2v) is 5.56. The molecule has 0 unspecified atom stereocenters. The Bertz CT molecular complexity index is 398. The molecule has 0 radical (unpaired) electrons. The first-order valence-electron chi connectivity index (χ1n) is 5.84. The summed E-state index contributed by atoms with van der Waals surface area (Å²) in [5, 5.41) is 9.05. The van der Waals surface area contributed by atoms with E-state index in [1.165, 1.54) is 0 Å². The number of nitrogens with one attached hydrogen (secondary N) is 1. The van der Waals surface area contributed by atoms with E-state index in [1.807, 2.05) is 0 Å². The summed E-state index contributed by atoms with van der Waals surface area (Å²) in [6, 6.07) is 0. The lowest BCUT2D eigenvalue weighted by Gasteiger charge is -2.36. The van der Waals surface area contributed by atoms with E-state index in [0.717, 1.165) is 32.1 Å². The molecule has 1 aromatic heterocycles. The Labute approximate surface area is 107 Å². The van der Waals surface area contributed by atoms with Gasteiger partial charge in [-0.05, 0) is 12.8 Å². The minimum absolute atomic E-state index is 0.203. The van der Waals surface area contributed by atoms with Gasteiger partial charge >= 0.3 is 6.18 Å². The molecule has 1 fully saturated rings. The van der Waals surface area contributed by atoms with Gasteiger partial charge < -0.3 is 11.1 Å². The van der Waals surface area contributed by atoms with Crippen LogP contribution < -0.4 is 11.1 Å². The van der Waals surface area contributed by atoms with Crippen molar-refractivity contribution in [3.8, 4) is 0 Å². The molecule has 0 saturated heterocycles. The number of halogens is 3. The van der Waals surface area contributed by atoms with E-state index < -0.39 is 11.2 Å². The standard InChI is InChI=1S/C10H15F3N4S/c11-10(12,13)7-16-17-8(18-7)15-9(6-14)4-2-1-3-5-9/h1-6,14H2,(H,15,17). The van der Waals surface area contributed by atoms with Crippen LogP contribution in [0.5, 0.6) is 0 Å².